The SMILES string of the molecule is CCc1ccc(NC(=O)COc2c(I)cc(/C=N\NC(=O)C(=O)Nc3cccc(Cl)c3Cl)cc2OC)cc1. The molecule has 9 nitrogen and oxygen atoms in total. The Kier molecular flexibility index (Phi) is 10.7. The van der Waals surface area contributed by atoms with Gasteiger partial charge in [-0.25, -0.2) is 5.43 Å². The van der Waals surface area contributed by atoms with Crippen LogP contribution in [-0.2, 0) is 20.8 Å². The van der Waals surface area contributed by atoms with Crippen LogP contribution in [0.4, 0.5) is 11.4 Å². The molecule has 3 rings (SSSR count). The highest BCUT2D eigenvalue weighted by Gasteiger charge is 2.16. The molecule has 3 N–H and O–H groups in total. The topological polar surface area (TPSA) is 118 Å². The molecule has 3 amide bonds. The van der Waals surface area contributed by atoms with Crippen molar-refractivity contribution in [1.82, 2.24) is 5.43 Å². The van der Waals surface area contributed by atoms with Gasteiger partial charge < -0.3 is 20.1 Å². The van der Waals surface area contributed by atoms with Gasteiger partial charge in [0.1, 0.15) is 0 Å². The third-order valence-corrected chi connectivity index (χ3v) is 6.65. The number of benzene rings is 3. The van der Waals surface area contributed by atoms with Crippen LogP contribution in [0, 0.1) is 3.57 Å². The van der Waals surface area contributed by atoms with Gasteiger partial charge in [0.2, 0.25) is 0 Å². The highest BCUT2D eigenvalue weighted by atomic mass is 127. The number of aryl methyl sites for hydroxylation is 1. The van der Waals surface area contributed by atoms with Crippen molar-refractivity contribution in [3.8, 4) is 11.5 Å². The molecular weight excluding hydrogens is 646 g/mol. The lowest BCUT2D eigenvalue weighted by atomic mass is 10.1. The molecule has 3 aromatic rings. The molecule has 0 spiro atoms. The Morgan fingerprint density at radius 1 is 1.03 bits per heavy atom. The van der Waals surface area contributed by atoms with Crippen LogP contribution in [0.2, 0.25) is 10.0 Å². The van der Waals surface area contributed by atoms with E-state index in [1.54, 1.807) is 24.3 Å². The van der Waals surface area contributed by atoms with E-state index in [1.165, 1.54) is 25.0 Å². The van der Waals surface area contributed by atoms with Crippen LogP contribution in [0.25, 0.3) is 0 Å². The summed E-state index contributed by atoms with van der Waals surface area (Å²) in [6.07, 6.45) is 2.25. The molecule has 0 unspecified atom stereocenters. The summed E-state index contributed by atoms with van der Waals surface area (Å²) in [6, 6.07) is 15.5. The quantitative estimate of drug-likeness (QED) is 0.124. The van der Waals surface area contributed by atoms with Crippen molar-refractivity contribution in [2.24, 2.45) is 5.10 Å². The molecule has 38 heavy (non-hydrogen) atoms. The average Bonchev–Trinajstić information content (AvgIpc) is 2.90. The van der Waals surface area contributed by atoms with Gasteiger partial charge in [0.15, 0.2) is 18.1 Å². The van der Waals surface area contributed by atoms with Gasteiger partial charge in [-0.05, 0) is 76.5 Å². The van der Waals surface area contributed by atoms with E-state index < -0.39 is 11.8 Å². The van der Waals surface area contributed by atoms with Gasteiger partial charge in [-0.2, -0.15) is 5.10 Å². The van der Waals surface area contributed by atoms with Crippen LogP contribution in [0.5, 0.6) is 11.5 Å². The molecule has 0 saturated carbocycles. The number of hydrazone groups is 1. The fourth-order valence-corrected chi connectivity index (χ4v) is 4.24. The van der Waals surface area contributed by atoms with Gasteiger partial charge in [-0.3, -0.25) is 14.4 Å². The molecule has 0 heterocycles. The number of nitrogens with zero attached hydrogens (tertiary/aromatic N) is 1. The maximum atomic E-state index is 12.3. The Hall–Kier alpha value is -3.35. The van der Waals surface area contributed by atoms with Gasteiger partial charge in [0.05, 0.1) is 32.6 Å². The molecule has 198 valence electrons. The summed E-state index contributed by atoms with van der Waals surface area (Å²) < 4.78 is 11.7. The first-order valence-corrected chi connectivity index (χ1v) is 13.0. The van der Waals surface area contributed by atoms with E-state index in [0.717, 1.165) is 6.42 Å². The normalized spacial score (nSPS) is 10.7. The third-order valence-electron chi connectivity index (χ3n) is 5.03. The molecule has 0 atom stereocenters. The van der Waals surface area contributed by atoms with E-state index in [4.69, 9.17) is 32.7 Å². The third kappa shape index (κ3) is 8.07. The first-order chi connectivity index (χ1) is 18.2. The minimum Gasteiger partial charge on any atom is -0.493 e. The van der Waals surface area contributed by atoms with Crippen LogP contribution >= 0.6 is 45.8 Å². The zero-order valence-electron chi connectivity index (χ0n) is 20.3. The van der Waals surface area contributed by atoms with Gasteiger partial charge in [0, 0.05) is 5.69 Å². The maximum Gasteiger partial charge on any atom is 0.329 e. The van der Waals surface area contributed by atoms with Gasteiger partial charge >= 0.3 is 11.8 Å². The van der Waals surface area contributed by atoms with Crippen molar-refractivity contribution in [1.29, 1.82) is 0 Å². The van der Waals surface area contributed by atoms with E-state index >= 15 is 0 Å². The monoisotopic (exact) mass is 668 g/mol. The number of carbonyl (C=O) groups excluding carboxylic acids is 3. The number of halogens is 3. The molecule has 0 aliphatic rings. The number of ether oxygens (including phenoxy) is 2. The second-order valence-electron chi connectivity index (χ2n) is 7.68. The number of anilines is 2. The first-order valence-electron chi connectivity index (χ1n) is 11.2. The Balaban J connectivity index is 1.58. The highest BCUT2D eigenvalue weighted by molar-refractivity contribution is 14.1. The summed E-state index contributed by atoms with van der Waals surface area (Å²) in [4.78, 5) is 36.6. The number of amides is 3. The van der Waals surface area contributed by atoms with E-state index in [2.05, 4.69) is 28.1 Å². The zero-order chi connectivity index (χ0) is 27.7. The molecule has 0 fully saturated rings. The van der Waals surface area contributed by atoms with Crippen LogP contribution in [0.1, 0.15) is 18.1 Å². The molecule has 3 aromatic carbocycles. The summed E-state index contributed by atoms with van der Waals surface area (Å²) in [5.74, 6) is -1.56. The summed E-state index contributed by atoms with van der Waals surface area (Å²) in [5.41, 5.74) is 4.74. The number of hydrogen-bond donors (Lipinski definition) is 3. The Labute approximate surface area is 243 Å². The Morgan fingerprint density at radius 3 is 2.45 bits per heavy atom. The fourth-order valence-electron chi connectivity index (χ4n) is 3.11. The number of nitrogens with one attached hydrogen (secondary N) is 3. The van der Waals surface area contributed by atoms with Crippen LogP contribution in [-0.4, -0.2) is 37.7 Å². The lowest BCUT2D eigenvalue weighted by molar-refractivity contribution is -0.136. The van der Waals surface area contributed by atoms with Crippen LogP contribution < -0.4 is 25.5 Å². The molecule has 0 aromatic heterocycles. The summed E-state index contributed by atoms with van der Waals surface area (Å²) in [6.45, 7) is 1.83. The Morgan fingerprint density at radius 2 is 1.76 bits per heavy atom. The molecule has 0 aliphatic heterocycles. The van der Waals surface area contributed by atoms with E-state index in [-0.39, 0.29) is 28.2 Å². The van der Waals surface area contributed by atoms with Gasteiger partial charge in [-0.1, -0.05) is 48.3 Å². The highest BCUT2D eigenvalue weighted by Crippen LogP contribution is 2.33. The molecule has 0 bridgehead atoms. The number of carbonyl (C=O) groups is 3. The van der Waals surface area contributed by atoms with Crippen molar-refractivity contribution in [3.05, 3.63) is 79.3 Å². The number of rotatable bonds is 9. The summed E-state index contributed by atoms with van der Waals surface area (Å²) in [5, 5.41) is 9.32. The molecular formula is C26H23Cl2IN4O5. The first kappa shape index (κ1) is 29.2. The van der Waals surface area contributed by atoms with Crippen molar-refractivity contribution in [2.45, 2.75) is 13.3 Å². The summed E-state index contributed by atoms with van der Waals surface area (Å²) >= 11 is 14.0. The van der Waals surface area contributed by atoms with E-state index in [1.807, 2.05) is 46.9 Å². The summed E-state index contributed by atoms with van der Waals surface area (Å²) in [7, 11) is 1.46. The van der Waals surface area contributed by atoms with Crippen LogP contribution in [0.15, 0.2) is 59.7 Å². The standard InChI is InChI=1S/C26H23Cl2IN4O5/c1-3-15-7-9-17(10-8-15)31-22(34)14-38-24-19(29)11-16(12-21(24)37-2)13-30-33-26(36)25(35)32-20-6-4-5-18(27)23(20)28/h4-13H,3,14H2,1-2H3,(H,31,34)(H,32,35)(H,33,36)/b30-13-. The number of methoxy groups -OCH3 is 1. The van der Waals surface area contributed by atoms with E-state index in [0.29, 0.717) is 26.3 Å². The van der Waals surface area contributed by atoms with Crippen molar-refractivity contribution >= 4 is 81.1 Å². The zero-order valence-corrected chi connectivity index (χ0v) is 24.0. The van der Waals surface area contributed by atoms with Crippen molar-refractivity contribution < 1.29 is 23.9 Å². The average molecular weight is 669 g/mol. The lowest BCUT2D eigenvalue weighted by Crippen LogP contribution is -2.32. The van der Waals surface area contributed by atoms with Crippen LogP contribution in [0.3, 0.4) is 0 Å². The maximum absolute atomic E-state index is 12.3. The predicted molar refractivity (Wildman–Crippen MR) is 156 cm³/mol. The predicted octanol–water partition coefficient (Wildman–Crippen LogP) is 5.28. The number of hydrogen-bond acceptors (Lipinski definition) is 6. The minimum absolute atomic E-state index is 0.117. The van der Waals surface area contributed by atoms with Crippen molar-refractivity contribution in [3.63, 3.8) is 0 Å². The van der Waals surface area contributed by atoms with Gasteiger partial charge in [-0.15, -0.1) is 0 Å². The Bertz CT molecular complexity index is 1370. The minimum atomic E-state index is -1.01. The second kappa shape index (κ2) is 14.0. The smallest absolute Gasteiger partial charge is 0.329 e. The fraction of sp³-hybridized carbons (Fsp3) is 0.154. The second-order valence-corrected chi connectivity index (χ2v) is 9.62. The molecule has 0 saturated heterocycles. The largest absolute Gasteiger partial charge is 0.493 e. The molecule has 0 radical (unpaired) electrons. The molecule has 12 heteroatoms. The van der Waals surface area contributed by atoms with Crippen molar-refractivity contribution in [2.75, 3.05) is 24.4 Å². The molecule has 0 aliphatic carbocycles. The van der Waals surface area contributed by atoms with E-state index in [9.17, 15) is 14.4 Å². The lowest BCUT2D eigenvalue weighted by Gasteiger charge is -2.13. The van der Waals surface area contributed by atoms with Gasteiger partial charge in [0.25, 0.3) is 5.91 Å².